The van der Waals surface area contributed by atoms with Gasteiger partial charge in [-0.25, -0.2) is 4.79 Å². The van der Waals surface area contributed by atoms with Crippen LogP contribution in [0.3, 0.4) is 0 Å². The average molecular weight is 496 g/mol. The van der Waals surface area contributed by atoms with Gasteiger partial charge in [0.25, 0.3) is 5.91 Å². The van der Waals surface area contributed by atoms with Gasteiger partial charge in [-0.2, -0.15) is 14.3 Å². The fraction of sp³-hybridized carbons (Fsp3) is 0.240. The van der Waals surface area contributed by atoms with E-state index in [0.717, 1.165) is 10.5 Å². The van der Waals surface area contributed by atoms with Crippen LogP contribution in [-0.4, -0.2) is 72.6 Å². The third-order valence-corrected chi connectivity index (χ3v) is 5.86. The largest absolute Gasteiger partial charge is 0.501 e. The van der Waals surface area contributed by atoms with E-state index in [9.17, 15) is 14.4 Å². The molecule has 1 atom stereocenters. The summed E-state index contributed by atoms with van der Waals surface area (Å²) in [6, 6.07) is 10.6. The summed E-state index contributed by atoms with van der Waals surface area (Å²) in [5.74, 6) is 0.278. The van der Waals surface area contributed by atoms with Crippen LogP contribution in [0.4, 0.5) is 10.5 Å². The molecule has 0 spiro atoms. The zero-order chi connectivity index (χ0) is 24.9. The molecule has 0 aliphatic carbocycles. The van der Waals surface area contributed by atoms with Crippen LogP contribution in [0.25, 0.3) is 0 Å². The number of carbonyl (C=O) groups excluding carboxylic acids is 3. The lowest BCUT2D eigenvalue weighted by molar-refractivity contribution is -0.426. The number of imide groups is 1. The summed E-state index contributed by atoms with van der Waals surface area (Å²) in [7, 11) is 3.09. The molecule has 35 heavy (non-hydrogen) atoms. The number of anilines is 1. The number of allylic oxidation sites excluding steroid dienone is 1. The standard InChI is InChI=1S/C25H23ClN4O5/c1-34-20-9-8-16(13-21(20)35-2)10-12-29-24(32)23-19(7-4-11-27-23)30(25(29)33)15-22(31)28-18-6-3-5-17(26)14-18/h3-9,11,13-14,23H,10,12,15H2,1-2H3/p+1. The number of urea groups is 1. The van der Waals surface area contributed by atoms with Gasteiger partial charge in [0.05, 0.1) is 14.2 Å². The number of aliphatic imine (C=N–C) groups is 1. The van der Waals surface area contributed by atoms with Crippen LogP contribution >= 0.6 is 11.6 Å². The number of fused-ring (bicyclic) bond motifs is 1. The molecule has 0 radical (unpaired) electrons. The van der Waals surface area contributed by atoms with E-state index in [2.05, 4.69) is 10.3 Å². The minimum Gasteiger partial charge on any atom is -0.493 e. The van der Waals surface area contributed by atoms with Crippen LogP contribution in [0.1, 0.15) is 5.56 Å². The van der Waals surface area contributed by atoms with Crippen molar-refractivity contribution in [2.45, 2.75) is 12.5 Å². The normalized spacial score (nSPS) is 16.9. The Morgan fingerprint density at radius 3 is 2.69 bits per heavy atom. The molecule has 9 nitrogen and oxygen atoms in total. The Labute approximate surface area is 207 Å². The Morgan fingerprint density at radius 2 is 1.94 bits per heavy atom. The molecule has 2 aromatic rings. The van der Waals surface area contributed by atoms with Crippen molar-refractivity contribution in [1.29, 1.82) is 0 Å². The van der Waals surface area contributed by atoms with Gasteiger partial charge in [0.15, 0.2) is 18.0 Å². The number of hydrogen-bond donors (Lipinski definition) is 1. The fourth-order valence-corrected chi connectivity index (χ4v) is 4.11. The van der Waals surface area contributed by atoms with Gasteiger partial charge in [-0.1, -0.05) is 23.7 Å². The van der Waals surface area contributed by atoms with E-state index in [4.69, 9.17) is 21.1 Å². The molecule has 2 heterocycles. The minimum absolute atomic E-state index is 0.114. The quantitative estimate of drug-likeness (QED) is 0.567. The molecule has 0 fully saturated rings. The zero-order valence-corrected chi connectivity index (χ0v) is 20.0. The van der Waals surface area contributed by atoms with Gasteiger partial charge in [-0.15, -0.1) is 0 Å². The number of rotatable bonds is 8. The van der Waals surface area contributed by atoms with Crippen molar-refractivity contribution >= 4 is 47.1 Å². The third-order valence-electron chi connectivity index (χ3n) is 5.62. The molecule has 1 N–H and O–H groups in total. The Kier molecular flexibility index (Phi) is 7.26. The molecule has 2 aliphatic rings. The second-order valence-electron chi connectivity index (χ2n) is 7.84. The van der Waals surface area contributed by atoms with Gasteiger partial charge in [0, 0.05) is 23.3 Å². The highest BCUT2D eigenvalue weighted by Crippen LogP contribution is 2.28. The monoisotopic (exact) mass is 495 g/mol. The van der Waals surface area contributed by atoms with E-state index in [0.29, 0.717) is 34.3 Å². The zero-order valence-electron chi connectivity index (χ0n) is 19.2. The second kappa shape index (κ2) is 10.5. The van der Waals surface area contributed by atoms with Crippen LogP contribution in [0.15, 0.2) is 59.6 Å². The molecular formula is C25H24ClN4O5+. The molecule has 10 heteroatoms. The SMILES string of the molecule is COc1ccc(CCN2C(=O)C3N=CC=CC3=[N+](CC(=O)Nc3cccc(Cl)c3)C2=O)cc1OC. The van der Waals surface area contributed by atoms with Gasteiger partial charge < -0.3 is 14.8 Å². The summed E-state index contributed by atoms with van der Waals surface area (Å²) in [5.41, 5.74) is 1.73. The number of nitrogens with zero attached hydrogens (tertiary/aromatic N) is 3. The lowest BCUT2D eigenvalue weighted by atomic mass is 10.0. The lowest BCUT2D eigenvalue weighted by Gasteiger charge is -2.26. The lowest BCUT2D eigenvalue weighted by Crippen LogP contribution is -2.58. The molecule has 0 saturated carbocycles. The molecule has 2 aromatic carbocycles. The van der Waals surface area contributed by atoms with E-state index in [1.54, 1.807) is 55.7 Å². The number of dihydropyridines is 1. The van der Waals surface area contributed by atoms with Gasteiger partial charge in [0.2, 0.25) is 6.04 Å². The van der Waals surface area contributed by atoms with Gasteiger partial charge in [0.1, 0.15) is 12.3 Å². The van der Waals surface area contributed by atoms with Gasteiger partial charge >= 0.3 is 11.9 Å². The molecule has 0 bridgehead atoms. The number of nitrogens with one attached hydrogen (secondary N) is 1. The highest BCUT2D eigenvalue weighted by molar-refractivity contribution is 6.30. The summed E-state index contributed by atoms with van der Waals surface area (Å²) in [4.78, 5) is 44.6. The van der Waals surface area contributed by atoms with Gasteiger partial charge in [-0.3, -0.25) is 9.79 Å². The molecular weight excluding hydrogens is 472 g/mol. The topological polar surface area (TPSA) is 100 Å². The molecule has 0 aromatic heterocycles. The van der Waals surface area contributed by atoms with Crippen LogP contribution in [-0.2, 0) is 16.0 Å². The fourth-order valence-electron chi connectivity index (χ4n) is 3.92. The maximum atomic E-state index is 13.4. The first-order chi connectivity index (χ1) is 16.9. The number of carbonyl (C=O) groups is 3. The summed E-state index contributed by atoms with van der Waals surface area (Å²) in [6.07, 6.45) is 5.17. The van der Waals surface area contributed by atoms with E-state index in [-0.39, 0.29) is 13.1 Å². The number of halogens is 1. The number of methoxy groups -OCH3 is 2. The predicted octanol–water partition coefficient (Wildman–Crippen LogP) is 2.96. The maximum absolute atomic E-state index is 13.4. The molecule has 2 aliphatic heterocycles. The Bertz CT molecular complexity index is 1270. The molecule has 0 saturated heterocycles. The maximum Gasteiger partial charge on any atom is 0.501 e. The van der Waals surface area contributed by atoms with E-state index >= 15 is 0 Å². The highest BCUT2D eigenvalue weighted by Gasteiger charge is 2.48. The van der Waals surface area contributed by atoms with Crippen molar-refractivity contribution in [2.75, 3.05) is 32.6 Å². The van der Waals surface area contributed by atoms with Crippen molar-refractivity contribution in [2.24, 2.45) is 4.99 Å². The van der Waals surface area contributed by atoms with E-state index < -0.39 is 23.9 Å². The van der Waals surface area contributed by atoms with Gasteiger partial charge in [-0.05, 0) is 48.0 Å². The number of amides is 4. The molecule has 4 rings (SSSR count). The summed E-state index contributed by atoms with van der Waals surface area (Å²) in [6.45, 7) is -0.167. The Balaban J connectivity index is 1.54. The van der Waals surface area contributed by atoms with E-state index in [1.807, 2.05) is 6.07 Å². The van der Waals surface area contributed by atoms with E-state index in [1.165, 1.54) is 17.9 Å². The minimum atomic E-state index is -0.887. The highest BCUT2D eigenvalue weighted by atomic mass is 35.5. The van der Waals surface area contributed by atoms with Crippen LogP contribution < -0.4 is 14.8 Å². The third kappa shape index (κ3) is 5.25. The van der Waals surface area contributed by atoms with Crippen LogP contribution in [0.2, 0.25) is 5.02 Å². The average Bonchev–Trinajstić information content (AvgIpc) is 2.86. The summed E-state index contributed by atoms with van der Waals surface area (Å²) < 4.78 is 11.9. The Hall–Kier alpha value is -3.98. The second-order valence-corrected chi connectivity index (χ2v) is 8.28. The smallest absolute Gasteiger partial charge is 0.493 e. The summed E-state index contributed by atoms with van der Waals surface area (Å²) >= 11 is 5.99. The first-order valence-electron chi connectivity index (χ1n) is 10.9. The van der Waals surface area contributed by atoms with Crippen molar-refractivity contribution in [3.63, 3.8) is 0 Å². The number of ether oxygens (including phenoxy) is 2. The van der Waals surface area contributed by atoms with Crippen LogP contribution in [0, 0.1) is 0 Å². The van der Waals surface area contributed by atoms with Crippen LogP contribution in [0.5, 0.6) is 11.5 Å². The number of benzene rings is 2. The summed E-state index contributed by atoms with van der Waals surface area (Å²) in [5, 5.41) is 3.21. The van der Waals surface area contributed by atoms with Crippen molar-refractivity contribution in [3.05, 3.63) is 65.2 Å². The first kappa shape index (κ1) is 24.2. The Morgan fingerprint density at radius 1 is 1.14 bits per heavy atom. The van der Waals surface area contributed by atoms with Crippen molar-refractivity contribution in [3.8, 4) is 11.5 Å². The first-order valence-corrected chi connectivity index (χ1v) is 11.2. The molecule has 1 unspecified atom stereocenters. The van der Waals surface area contributed by atoms with Crippen molar-refractivity contribution in [1.82, 2.24) is 4.90 Å². The molecule has 4 amide bonds. The molecule has 180 valence electrons. The van der Waals surface area contributed by atoms with Crippen molar-refractivity contribution < 1.29 is 28.4 Å². The number of hydrogen-bond acceptors (Lipinski definition) is 6. The predicted molar refractivity (Wildman–Crippen MR) is 132 cm³/mol.